The predicted octanol–water partition coefficient (Wildman–Crippen LogP) is 1.81. The molecule has 0 radical (unpaired) electrons. The van der Waals surface area contributed by atoms with Gasteiger partial charge in [0.15, 0.2) is 0 Å². The van der Waals surface area contributed by atoms with Gasteiger partial charge in [-0.15, -0.1) is 0 Å². The summed E-state index contributed by atoms with van der Waals surface area (Å²) in [6.07, 6.45) is 3.78. The fraction of sp³-hybridized carbons (Fsp3) is 0.545. The summed E-state index contributed by atoms with van der Waals surface area (Å²) in [6.45, 7) is 6.66. The molecule has 0 amide bonds. The molecule has 3 nitrogen and oxygen atoms in total. The SMILES string of the molecule is C[C@@H](c1cncc(Br)c1)N1CCNCC1. The van der Waals surface area contributed by atoms with Gasteiger partial charge < -0.3 is 5.32 Å². The Morgan fingerprint density at radius 2 is 2.13 bits per heavy atom. The highest BCUT2D eigenvalue weighted by Gasteiger charge is 2.17. The Labute approximate surface area is 99.0 Å². The zero-order valence-electron chi connectivity index (χ0n) is 8.91. The van der Waals surface area contributed by atoms with Crippen molar-refractivity contribution in [2.45, 2.75) is 13.0 Å². The van der Waals surface area contributed by atoms with E-state index in [-0.39, 0.29) is 0 Å². The van der Waals surface area contributed by atoms with Gasteiger partial charge in [-0.3, -0.25) is 9.88 Å². The molecule has 1 N–H and O–H groups in total. The second-order valence-electron chi connectivity index (χ2n) is 3.90. The van der Waals surface area contributed by atoms with Crippen molar-refractivity contribution in [2.75, 3.05) is 26.2 Å². The average molecular weight is 270 g/mol. The van der Waals surface area contributed by atoms with E-state index in [0.29, 0.717) is 6.04 Å². The van der Waals surface area contributed by atoms with Crippen LogP contribution in [0.15, 0.2) is 22.9 Å². The van der Waals surface area contributed by atoms with Crippen LogP contribution < -0.4 is 5.32 Å². The molecule has 4 heteroatoms. The number of nitrogens with zero attached hydrogens (tertiary/aromatic N) is 2. The van der Waals surface area contributed by atoms with E-state index in [1.807, 2.05) is 12.4 Å². The van der Waals surface area contributed by atoms with Crippen LogP contribution >= 0.6 is 15.9 Å². The maximum Gasteiger partial charge on any atom is 0.0410 e. The van der Waals surface area contributed by atoms with E-state index < -0.39 is 0 Å². The fourth-order valence-electron chi connectivity index (χ4n) is 1.94. The smallest absolute Gasteiger partial charge is 0.0410 e. The molecular formula is C11H16BrN3. The molecule has 0 aromatic carbocycles. The van der Waals surface area contributed by atoms with Crippen LogP contribution in [0.4, 0.5) is 0 Å². The first-order chi connectivity index (χ1) is 7.27. The Bertz CT molecular complexity index is 323. The molecule has 82 valence electrons. The van der Waals surface area contributed by atoms with Gasteiger partial charge in [-0.1, -0.05) is 0 Å². The van der Waals surface area contributed by atoms with Crippen molar-refractivity contribution >= 4 is 15.9 Å². The molecule has 15 heavy (non-hydrogen) atoms. The number of hydrogen-bond donors (Lipinski definition) is 1. The molecule has 0 aliphatic carbocycles. The van der Waals surface area contributed by atoms with Gasteiger partial charge in [0.1, 0.15) is 0 Å². The zero-order chi connectivity index (χ0) is 10.7. The van der Waals surface area contributed by atoms with Crippen molar-refractivity contribution in [2.24, 2.45) is 0 Å². The quantitative estimate of drug-likeness (QED) is 0.888. The Hall–Kier alpha value is -0.450. The summed E-state index contributed by atoms with van der Waals surface area (Å²) >= 11 is 3.46. The minimum atomic E-state index is 0.456. The van der Waals surface area contributed by atoms with Crippen molar-refractivity contribution in [3.8, 4) is 0 Å². The van der Waals surface area contributed by atoms with E-state index >= 15 is 0 Å². The van der Waals surface area contributed by atoms with Gasteiger partial charge in [0, 0.05) is 49.1 Å². The van der Waals surface area contributed by atoms with E-state index in [1.165, 1.54) is 5.56 Å². The molecule has 0 unspecified atom stereocenters. The summed E-state index contributed by atoms with van der Waals surface area (Å²) in [4.78, 5) is 6.70. The molecule has 0 saturated carbocycles. The van der Waals surface area contributed by atoms with Crippen molar-refractivity contribution in [1.29, 1.82) is 0 Å². The molecule has 1 saturated heterocycles. The monoisotopic (exact) mass is 269 g/mol. The van der Waals surface area contributed by atoms with E-state index in [2.05, 4.69) is 44.1 Å². The van der Waals surface area contributed by atoms with Gasteiger partial charge in [0.25, 0.3) is 0 Å². The van der Waals surface area contributed by atoms with Crippen LogP contribution in [0.2, 0.25) is 0 Å². The average Bonchev–Trinajstić information content (AvgIpc) is 2.29. The first-order valence-electron chi connectivity index (χ1n) is 5.32. The minimum absolute atomic E-state index is 0.456. The van der Waals surface area contributed by atoms with Crippen LogP contribution in [0, 0.1) is 0 Å². The topological polar surface area (TPSA) is 28.2 Å². The zero-order valence-corrected chi connectivity index (χ0v) is 10.5. The number of pyridine rings is 1. The molecule has 1 aliphatic heterocycles. The Balaban J connectivity index is 2.08. The van der Waals surface area contributed by atoms with Crippen molar-refractivity contribution in [1.82, 2.24) is 15.2 Å². The van der Waals surface area contributed by atoms with Gasteiger partial charge in [0.05, 0.1) is 0 Å². The molecular weight excluding hydrogens is 254 g/mol. The molecule has 2 rings (SSSR count). The van der Waals surface area contributed by atoms with Crippen LogP contribution in [-0.2, 0) is 0 Å². The van der Waals surface area contributed by atoms with Gasteiger partial charge in [-0.25, -0.2) is 0 Å². The highest BCUT2D eigenvalue weighted by atomic mass is 79.9. The summed E-state index contributed by atoms with van der Waals surface area (Å²) in [7, 11) is 0. The highest BCUT2D eigenvalue weighted by molar-refractivity contribution is 9.10. The Morgan fingerprint density at radius 1 is 1.40 bits per heavy atom. The number of nitrogens with one attached hydrogen (secondary N) is 1. The second kappa shape index (κ2) is 5.05. The fourth-order valence-corrected chi connectivity index (χ4v) is 2.32. The lowest BCUT2D eigenvalue weighted by Crippen LogP contribution is -2.44. The first-order valence-corrected chi connectivity index (χ1v) is 6.12. The van der Waals surface area contributed by atoms with Crippen molar-refractivity contribution in [3.05, 3.63) is 28.5 Å². The predicted molar refractivity (Wildman–Crippen MR) is 64.8 cm³/mol. The number of halogens is 1. The third kappa shape index (κ3) is 2.77. The first kappa shape index (κ1) is 11.0. The van der Waals surface area contributed by atoms with Crippen LogP contribution in [0.1, 0.15) is 18.5 Å². The van der Waals surface area contributed by atoms with Crippen LogP contribution in [0.25, 0.3) is 0 Å². The molecule has 2 heterocycles. The van der Waals surface area contributed by atoms with Crippen LogP contribution in [0.5, 0.6) is 0 Å². The number of rotatable bonds is 2. The Morgan fingerprint density at radius 3 is 2.80 bits per heavy atom. The van der Waals surface area contributed by atoms with E-state index in [4.69, 9.17) is 0 Å². The van der Waals surface area contributed by atoms with E-state index in [0.717, 1.165) is 30.7 Å². The normalized spacial score (nSPS) is 20.1. The third-order valence-corrected chi connectivity index (χ3v) is 3.34. The lowest BCUT2D eigenvalue weighted by Gasteiger charge is -2.32. The summed E-state index contributed by atoms with van der Waals surface area (Å²) < 4.78 is 1.06. The van der Waals surface area contributed by atoms with Gasteiger partial charge in [0.2, 0.25) is 0 Å². The maximum absolute atomic E-state index is 4.21. The minimum Gasteiger partial charge on any atom is -0.314 e. The van der Waals surface area contributed by atoms with Gasteiger partial charge >= 0.3 is 0 Å². The molecule has 1 aromatic rings. The van der Waals surface area contributed by atoms with E-state index in [1.54, 1.807) is 0 Å². The highest BCUT2D eigenvalue weighted by Crippen LogP contribution is 2.22. The molecule has 1 fully saturated rings. The summed E-state index contributed by atoms with van der Waals surface area (Å²) in [5, 5.41) is 3.37. The second-order valence-corrected chi connectivity index (χ2v) is 4.81. The molecule has 0 bridgehead atoms. The summed E-state index contributed by atoms with van der Waals surface area (Å²) in [5.74, 6) is 0. The van der Waals surface area contributed by atoms with Crippen LogP contribution in [0.3, 0.4) is 0 Å². The van der Waals surface area contributed by atoms with Gasteiger partial charge in [-0.2, -0.15) is 0 Å². The standard InChI is InChI=1S/C11H16BrN3/c1-9(15-4-2-13-3-5-15)10-6-11(12)8-14-7-10/h6-9,13H,2-5H2,1H3/t9-/m0/s1. The van der Waals surface area contributed by atoms with E-state index in [9.17, 15) is 0 Å². The summed E-state index contributed by atoms with van der Waals surface area (Å²) in [6, 6.07) is 2.61. The van der Waals surface area contributed by atoms with Gasteiger partial charge in [-0.05, 0) is 34.5 Å². The number of hydrogen-bond acceptors (Lipinski definition) is 3. The lowest BCUT2D eigenvalue weighted by molar-refractivity contribution is 0.185. The number of aromatic nitrogens is 1. The maximum atomic E-state index is 4.21. The molecule has 0 spiro atoms. The lowest BCUT2D eigenvalue weighted by atomic mass is 10.1. The van der Waals surface area contributed by atoms with Crippen molar-refractivity contribution in [3.63, 3.8) is 0 Å². The Kier molecular flexibility index (Phi) is 3.72. The third-order valence-electron chi connectivity index (χ3n) is 2.91. The molecule has 1 aliphatic rings. The number of piperazine rings is 1. The molecule has 1 aromatic heterocycles. The molecule has 1 atom stereocenters. The van der Waals surface area contributed by atoms with Crippen molar-refractivity contribution < 1.29 is 0 Å². The van der Waals surface area contributed by atoms with Crippen LogP contribution in [-0.4, -0.2) is 36.1 Å². The summed E-state index contributed by atoms with van der Waals surface area (Å²) in [5.41, 5.74) is 1.28. The largest absolute Gasteiger partial charge is 0.314 e.